The highest BCUT2D eigenvalue weighted by atomic mass is 16.1. The van der Waals surface area contributed by atoms with Crippen molar-refractivity contribution in [3.63, 3.8) is 0 Å². The first-order valence-electron chi connectivity index (χ1n) is 7.04. The number of amides is 1. The Morgan fingerprint density at radius 1 is 1.26 bits per heavy atom. The lowest BCUT2D eigenvalue weighted by Crippen LogP contribution is -2.37. The first kappa shape index (κ1) is 12.3. The average Bonchev–Trinajstić information content (AvgIpc) is 2.97. The molecule has 1 aromatic heterocycles. The monoisotopic (exact) mass is 256 g/mol. The van der Waals surface area contributed by atoms with Gasteiger partial charge in [0.05, 0.1) is 5.56 Å². The summed E-state index contributed by atoms with van der Waals surface area (Å²) in [4.78, 5) is 15.5. The van der Waals surface area contributed by atoms with Crippen molar-refractivity contribution in [2.45, 2.75) is 32.7 Å². The van der Waals surface area contributed by atoms with Gasteiger partial charge in [-0.2, -0.15) is 0 Å². The first-order valence-corrected chi connectivity index (χ1v) is 7.04. The van der Waals surface area contributed by atoms with E-state index in [2.05, 4.69) is 24.1 Å². The Labute approximate surface area is 113 Å². The van der Waals surface area contributed by atoms with Gasteiger partial charge >= 0.3 is 0 Å². The molecule has 1 aromatic carbocycles. The highest BCUT2D eigenvalue weighted by Gasteiger charge is 2.31. The summed E-state index contributed by atoms with van der Waals surface area (Å²) in [7, 11) is 0. The zero-order valence-corrected chi connectivity index (χ0v) is 11.4. The molecule has 3 unspecified atom stereocenters. The van der Waals surface area contributed by atoms with Gasteiger partial charge in [0, 0.05) is 23.1 Å². The van der Waals surface area contributed by atoms with E-state index in [9.17, 15) is 4.79 Å². The number of para-hydroxylation sites is 1. The number of H-pyrrole nitrogens is 1. The zero-order valence-electron chi connectivity index (χ0n) is 11.4. The van der Waals surface area contributed by atoms with Gasteiger partial charge in [-0.05, 0) is 30.7 Å². The quantitative estimate of drug-likeness (QED) is 0.850. The van der Waals surface area contributed by atoms with E-state index in [1.165, 1.54) is 6.42 Å². The molecule has 0 aliphatic heterocycles. The lowest BCUT2D eigenvalue weighted by molar-refractivity contribution is 0.0929. The SMILES string of the molecule is CC1CCC(NC(=O)c2c[nH]c3ccccc23)C1C. The second-order valence-corrected chi connectivity index (χ2v) is 5.74. The molecular formula is C16H20N2O. The van der Waals surface area contributed by atoms with Gasteiger partial charge in [-0.1, -0.05) is 32.0 Å². The summed E-state index contributed by atoms with van der Waals surface area (Å²) in [5, 5.41) is 4.19. The van der Waals surface area contributed by atoms with E-state index in [4.69, 9.17) is 0 Å². The summed E-state index contributed by atoms with van der Waals surface area (Å²) < 4.78 is 0. The molecule has 3 rings (SSSR count). The summed E-state index contributed by atoms with van der Waals surface area (Å²) in [6, 6.07) is 8.23. The van der Waals surface area contributed by atoms with E-state index in [-0.39, 0.29) is 5.91 Å². The minimum Gasteiger partial charge on any atom is -0.360 e. The highest BCUT2D eigenvalue weighted by molar-refractivity contribution is 6.06. The van der Waals surface area contributed by atoms with Gasteiger partial charge in [-0.15, -0.1) is 0 Å². The molecule has 3 atom stereocenters. The number of aromatic nitrogens is 1. The standard InChI is InChI=1S/C16H20N2O/c1-10-7-8-14(11(10)2)18-16(19)13-9-17-15-6-4-3-5-12(13)15/h3-6,9-11,14,17H,7-8H2,1-2H3,(H,18,19). The fourth-order valence-electron chi connectivity index (χ4n) is 3.07. The van der Waals surface area contributed by atoms with Crippen LogP contribution in [0.4, 0.5) is 0 Å². The number of fused-ring (bicyclic) bond motifs is 1. The summed E-state index contributed by atoms with van der Waals surface area (Å²) in [5.41, 5.74) is 1.77. The van der Waals surface area contributed by atoms with Crippen molar-refractivity contribution in [1.82, 2.24) is 10.3 Å². The fraction of sp³-hybridized carbons (Fsp3) is 0.438. The van der Waals surface area contributed by atoms with Gasteiger partial charge in [-0.25, -0.2) is 0 Å². The predicted molar refractivity (Wildman–Crippen MR) is 77.1 cm³/mol. The smallest absolute Gasteiger partial charge is 0.253 e. The van der Waals surface area contributed by atoms with Crippen molar-refractivity contribution in [3.05, 3.63) is 36.0 Å². The van der Waals surface area contributed by atoms with Crippen LogP contribution in [0, 0.1) is 11.8 Å². The van der Waals surface area contributed by atoms with Gasteiger partial charge in [0.15, 0.2) is 0 Å². The molecule has 1 fully saturated rings. The van der Waals surface area contributed by atoms with Crippen molar-refractivity contribution in [2.24, 2.45) is 11.8 Å². The highest BCUT2D eigenvalue weighted by Crippen LogP contribution is 2.31. The van der Waals surface area contributed by atoms with Gasteiger partial charge in [-0.3, -0.25) is 4.79 Å². The van der Waals surface area contributed by atoms with Crippen LogP contribution in [0.1, 0.15) is 37.0 Å². The molecule has 100 valence electrons. The van der Waals surface area contributed by atoms with Crippen molar-refractivity contribution in [1.29, 1.82) is 0 Å². The Morgan fingerprint density at radius 3 is 2.79 bits per heavy atom. The molecule has 1 heterocycles. The molecule has 0 bridgehead atoms. The van der Waals surface area contributed by atoms with Gasteiger partial charge in [0.1, 0.15) is 0 Å². The first-order chi connectivity index (χ1) is 9.16. The molecule has 1 aliphatic rings. The molecule has 0 spiro atoms. The molecule has 1 saturated carbocycles. The fourth-order valence-corrected chi connectivity index (χ4v) is 3.07. The van der Waals surface area contributed by atoms with Gasteiger partial charge in [0.2, 0.25) is 0 Å². The second-order valence-electron chi connectivity index (χ2n) is 5.74. The Kier molecular flexibility index (Phi) is 3.05. The lowest BCUT2D eigenvalue weighted by atomic mass is 9.97. The summed E-state index contributed by atoms with van der Waals surface area (Å²) in [6.07, 6.45) is 4.11. The molecule has 0 radical (unpaired) electrons. The molecule has 1 amide bonds. The normalized spacial score (nSPS) is 26.7. The lowest BCUT2D eigenvalue weighted by Gasteiger charge is -2.19. The number of rotatable bonds is 2. The van der Waals surface area contributed by atoms with E-state index in [0.717, 1.165) is 22.9 Å². The Bertz CT molecular complexity index is 602. The van der Waals surface area contributed by atoms with E-state index < -0.39 is 0 Å². The third-order valence-electron chi connectivity index (χ3n) is 4.62. The number of benzene rings is 1. The van der Waals surface area contributed by atoms with Gasteiger partial charge in [0.25, 0.3) is 5.91 Å². The largest absolute Gasteiger partial charge is 0.360 e. The molecule has 3 nitrogen and oxygen atoms in total. The van der Waals surface area contributed by atoms with Gasteiger partial charge < -0.3 is 10.3 Å². The Hall–Kier alpha value is -1.77. The van der Waals surface area contributed by atoms with Crippen LogP contribution >= 0.6 is 0 Å². The van der Waals surface area contributed by atoms with E-state index in [1.54, 1.807) is 0 Å². The minimum atomic E-state index is 0.0448. The molecule has 1 aliphatic carbocycles. The van der Waals surface area contributed by atoms with Crippen LogP contribution in [-0.4, -0.2) is 16.9 Å². The topological polar surface area (TPSA) is 44.9 Å². The maximum absolute atomic E-state index is 12.4. The van der Waals surface area contributed by atoms with E-state index in [1.807, 2.05) is 30.5 Å². The average molecular weight is 256 g/mol. The summed E-state index contributed by atoms with van der Waals surface area (Å²) in [5.74, 6) is 1.31. The molecule has 2 N–H and O–H groups in total. The third kappa shape index (κ3) is 2.14. The van der Waals surface area contributed by atoms with Crippen LogP contribution in [0.15, 0.2) is 30.5 Å². The van der Waals surface area contributed by atoms with Crippen molar-refractivity contribution < 1.29 is 4.79 Å². The molecule has 2 aromatic rings. The van der Waals surface area contributed by atoms with Crippen molar-refractivity contribution in [3.8, 4) is 0 Å². The van der Waals surface area contributed by atoms with Crippen molar-refractivity contribution in [2.75, 3.05) is 0 Å². The van der Waals surface area contributed by atoms with Crippen LogP contribution in [0.5, 0.6) is 0 Å². The van der Waals surface area contributed by atoms with Crippen LogP contribution < -0.4 is 5.32 Å². The van der Waals surface area contributed by atoms with Crippen LogP contribution in [0.2, 0.25) is 0 Å². The van der Waals surface area contributed by atoms with Crippen LogP contribution in [0.25, 0.3) is 10.9 Å². The number of nitrogens with one attached hydrogen (secondary N) is 2. The number of hydrogen-bond donors (Lipinski definition) is 2. The van der Waals surface area contributed by atoms with Crippen LogP contribution in [0.3, 0.4) is 0 Å². The van der Waals surface area contributed by atoms with E-state index in [0.29, 0.717) is 17.9 Å². The molecule has 3 heteroatoms. The maximum Gasteiger partial charge on any atom is 0.253 e. The predicted octanol–water partition coefficient (Wildman–Crippen LogP) is 3.33. The number of carbonyl (C=O) groups excluding carboxylic acids is 1. The summed E-state index contributed by atoms with van der Waals surface area (Å²) in [6.45, 7) is 4.50. The summed E-state index contributed by atoms with van der Waals surface area (Å²) >= 11 is 0. The van der Waals surface area contributed by atoms with Crippen molar-refractivity contribution >= 4 is 16.8 Å². The number of carbonyl (C=O) groups is 1. The number of aromatic amines is 1. The van der Waals surface area contributed by atoms with E-state index >= 15 is 0 Å². The molecule has 19 heavy (non-hydrogen) atoms. The minimum absolute atomic E-state index is 0.0448. The van der Waals surface area contributed by atoms with Crippen LogP contribution in [-0.2, 0) is 0 Å². The Morgan fingerprint density at radius 2 is 2.05 bits per heavy atom. The molecule has 0 saturated heterocycles. The maximum atomic E-state index is 12.4. The Balaban J connectivity index is 1.81. The second kappa shape index (κ2) is 4.72. The molecular weight excluding hydrogens is 236 g/mol. The number of hydrogen-bond acceptors (Lipinski definition) is 1. The zero-order chi connectivity index (χ0) is 13.4. The third-order valence-corrected chi connectivity index (χ3v) is 4.62.